The lowest BCUT2D eigenvalue weighted by Crippen LogP contribution is -2.24. The fraction of sp³-hybridized carbons (Fsp3) is 0.684. The number of rotatable bonds is 7. The zero-order valence-corrected chi connectivity index (χ0v) is 13.8. The molecule has 1 fully saturated rings. The van der Waals surface area contributed by atoms with Gasteiger partial charge in [-0.15, -0.1) is 0 Å². The van der Waals surface area contributed by atoms with Gasteiger partial charge in [0.25, 0.3) is 0 Å². The Morgan fingerprint density at radius 2 is 1.95 bits per heavy atom. The van der Waals surface area contributed by atoms with Crippen LogP contribution in [0.5, 0.6) is 0 Å². The molecule has 2 heteroatoms. The zero-order valence-electron chi connectivity index (χ0n) is 13.8. The average molecular weight is 291 g/mol. The number of hydrogen-bond donors (Lipinski definition) is 1. The standard InChI is InChI=1S/C19H30FN/c1-4-11-21-18(10-9-16-7-5-6-8-16)19-15(3)12-14(2)13-17(19)20/h12-13,16,18,21H,4-11H2,1-3H3. The molecule has 0 saturated heterocycles. The monoisotopic (exact) mass is 291 g/mol. The third-order valence-corrected chi connectivity index (χ3v) is 4.81. The van der Waals surface area contributed by atoms with E-state index < -0.39 is 0 Å². The van der Waals surface area contributed by atoms with Crippen LogP contribution in [0.1, 0.15) is 74.6 Å². The quantitative estimate of drug-likeness (QED) is 0.704. The molecule has 1 aliphatic rings. The van der Waals surface area contributed by atoms with Gasteiger partial charge in [-0.25, -0.2) is 4.39 Å². The van der Waals surface area contributed by atoms with E-state index in [4.69, 9.17) is 0 Å². The third-order valence-electron chi connectivity index (χ3n) is 4.81. The second-order valence-corrected chi connectivity index (χ2v) is 6.71. The highest BCUT2D eigenvalue weighted by Crippen LogP contribution is 2.33. The second-order valence-electron chi connectivity index (χ2n) is 6.71. The van der Waals surface area contributed by atoms with Gasteiger partial charge in [0.2, 0.25) is 0 Å². The first-order chi connectivity index (χ1) is 10.1. The molecule has 2 rings (SSSR count). The molecular formula is C19H30FN. The summed E-state index contributed by atoms with van der Waals surface area (Å²) >= 11 is 0. The van der Waals surface area contributed by atoms with Gasteiger partial charge < -0.3 is 5.32 Å². The molecule has 0 aromatic heterocycles. The number of halogens is 1. The van der Waals surface area contributed by atoms with Gasteiger partial charge in [-0.1, -0.05) is 38.7 Å². The minimum Gasteiger partial charge on any atom is -0.310 e. The number of benzene rings is 1. The molecule has 1 nitrogen and oxygen atoms in total. The van der Waals surface area contributed by atoms with E-state index in [-0.39, 0.29) is 11.9 Å². The van der Waals surface area contributed by atoms with Crippen molar-refractivity contribution >= 4 is 0 Å². The molecule has 0 radical (unpaired) electrons. The van der Waals surface area contributed by atoms with Crippen molar-refractivity contribution in [2.24, 2.45) is 5.92 Å². The van der Waals surface area contributed by atoms with Crippen LogP contribution in [-0.2, 0) is 0 Å². The normalized spacial score (nSPS) is 17.3. The summed E-state index contributed by atoms with van der Waals surface area (Å²) in [6, 6.07) is 3.96. The highest BCUT2D eigenvalue weighted by molar-refractivity contribution is 5.34. The molecule has 1 atom stereocenters. The fourth-order valence-electron chi connectivity index (χ4n) is 3.74. The topological polar surface area (TPSA) is 12.0 Å². The van der Waals surface area contributed by atoms with Gasteiger partial charge in [0.1, 0.15) is 5.82 Å². The average Bonchev–Trinajstić information content (AvgIpc) is 2.93. The summed E-state index contributed by atoms with van der Waals surface area (Å²) in [6.45, 7) is 7.13. The van der Waals surface area contributed by atoms with Gasteiger partial charge >= 0.3 is 0 Å². The maximum absolute atomic E-state index is 14.4. The largest absolute Gasteiger partial charge is 0.310 e. The second kappa shape index (κ2) is 7.93. The molecule has 0 amide bonds. The number of hydrogen-bond acceptors (Lipinski definition) is 1. The molecule has 0 aliphatic heterocycles. The lowest BCUT2D eigenvalue weighted by molar-refractivity contribution is 0.401. The summed E-state index contributed by atoms with van der Waals surface area (Å²) in [4.78, 5) is 0. The van der Waals surface area contributed by atoms with Gasteiger partial charge in [-0.3, -0.25) is 0 Å². The van der Waals surface area contributed by atoms with Crippen molar-refractivity contribution in [3.05, 3.63) is 34.6 Å². The summed E-state index contributed by atoms with van der Waals surface area (Å²) in [6.07, 6.45) is 8.89. The Kier molecular flexibility index (Phi) is 6.22. The third kappa shape index (κ3) is 4.54. The van der Waals surface area contributed by atoms with Crippen LogP contribution in [0.2, 0.25) is 0 Å². The van der Waals surface area contributed by atoms with E-state index >= 15 is 0 Å². The molecule has 0 spiro atoms. The summed E-state index contributed by atoms with van der Waals surface area (Å²) in [5.74, 6) is 0.831. The van der Waals surface area contributed by atoms with Crippen LogP contribution in [-0.4, -0.2) is 6.54 Å². The molecular weight excluding hydrogens is 261 g/mol. The number of nitrogens with one attached hydrogen (secondary N) is 1. The van der Waals surface area contributed by atoms with E-state index in [9.17, 15) is 4.39 Å². The van der Waals surface area contributed by atoms with E-state index in [1.54, 1.807) is 6.07 Å². The predicted molar refractivity (Wildman–Crippen MR) is 88.1 cm³/mol. The van der Waals surface area contributed by atoms with Crippen LogP contribution in [0.4, 0.5) is 4.39 Å². The Morgan fingerprint density at radius 3 is 2.57 bits per heavy atom. The SMILES string of the molecule is CCCNC(CCC1CCCC1)c1c(C)cc(C)cc1F. The first-order valence-corrected chi connectivity index (χ1v) is 8.61. The van der Waals surface area contributed by atoms with Crippen LogP contribution in [0.15, 0.2) is 12.1 Å². The smallest absolute Gasteiger partial charge is 0.128 e. The summed E-state index contributed by atoms with van der Waals surface area (Å²) < 4.78 is 14.4. The van der Waals surface area contributed by atoms with Crippen LogP contribution >= 0.6 is 0 Å². The molecule has 1 aromatic rings. The van der Waals surface area contributed by atoms with Crippen LogP contribution in [0.3, 0.4) is 0 Å². The Balaban J connectivity index is 2.10. The van der Waals surface area contributed by atoms with Crippen LogP contribution < -0.4 is 5.32 Å². The minimum atomic E-state index is -0.0347. The van der Waals surface area contributed by atoms with E-state index in [2.05, 4.69) is 18.3 Å². The van der Waals surface area contributed by atoms with Crippen molar-refractivity contribution in [1.29, 1.82) is 0 Å². The van der Waals surface area contributed by atoms with Gasteiger partial charge in [-0.2, -0.15) is 0 Å². The van der Waals surface area contributed by atoms with Crippen LogP contribution in [0, 0.1) is 25.6 Å². The molecule has 21 heavy (non-hydrogen) atoms. The summed E-state index contributed by atoms with van der Waals surface area (Å²) in [5.41, 5.74) is 3.00. The highest BCUT2D eigenvalue weighted by atomic mass is 19.1. The lowest BCUT2D eigenvalue weighted by atomic mass is 9.91. The maximum Gasteiger partial charge on any atom is 0.128 e. The van der Waals surface area contributed by atoms with E-state index in [0.29, 0.717) is 0 Å². The molecule has 1 saturated carbocycles. The van der Waals surface area contributed by atoms with Crippen molar-refractivity contribution in [3.8, 4) is 0 Å². The lowest BCUT2D eigenvalue weighted by Gasteiger charge is -2.23. The van der Waals surface area contributed by atoms with Crippen molar-refractivity contribution in [1.82, 2.24) is 5.32 Å². The van der Waals surface area contributed by atoms with Gasteiger partial charge in [0.15, 0.2) is 0 Å². The van der Waals surface area contributed by atoms with E-state index in [0.717, 1.165) is 42.0 Å². The van der Waals surface area contributed by atoms with Crippen molar-refractivity contribution < 1.29 is 4.39 Å². The molecule has 1 aromatic carbocycles. The van der Waals surface area contributed by atoms with Crippen molar-refractivity contribution in [2.75, 3.05) is 6.54 Å². The maximum atomic E-state index is 14.4. The minimum absolute atomic E-state index is 0.0347. The first kappa shape index (κ1) is 16.5. The van der Waals surface area contributed by atoms with E-state index in [1.165, 1.54) is 32.1 Å². The fourth-order valence-corrected chi connectivity index (χ4v) is 3.74. The van der Waals surface area contributed by atoms with E-state index in [1.807, 2.05) is 13.8 Å². The molecule has 118 valence electrons. The van der Waals surface area contributed by atoms with Crippen LogP contribution in [0.25, 0.3) is 0 Å². The Hall–Kier alpha value is -0.890. The van der Waals surface area contributed by atoms with Gasteiger partial charge in [-0.05, 0) is 62.8 Å². The molecule has 0 heterocycles. The first-order valence-electron chi connectivity index (χ1n) is 8.61. The van der Waals surface area contributed by atoms with Gasteiger partial charge in [0, 0.05) is 11.6 Å². The number of aryl methyl sites for hydroxylation is 2. The summed E-state index contributed by atoms with van der Waals surface area (Å²) in [7, 11) is 0. The van der Waals surface area contributed by atoms with Crippen molar-refractivity contribution in [3.63, 3.8) is 0 Å². The Morgan fingerprint density at radius 1 is 1.24 bits per heavy atom. The predicted octanol–water partition coefficient (Wildman–Crippen LogP) is 5.45. The highest BCUT2D eigenvalue weighted by Gasteiger charge is 2.21. The van der Waals surface area contributed by atoms with Gasteiger partial charge in [0.05, 0.1) is 0 Å². The molecule has 1 unspecified atom stereocenters. The molecule has 1 N–H and O–H groups in total. The summed E-state index contributed by atoms with van der Waals surface area (Å²) in [5, 5.41) is 3.57. The van der Waals surface area contributed by atoms with Crippen molar-refractivity contribution in [2.45, 2.75) is 71.8 Å². The Bertz CT molecular complexity index is 426. The molecule has 1 aliphatic carbocycles. The molecule has 0 bridgehead atoms. The zero-order chi connectivity index (χ0) is 15.2. The Labute approximate surface area is 129 Å².